The first-order valence-corrected chi connectivity index (χ1v) is 14.3. The number of carbonyl (C=O) groups excluding carboxylic acids is 3. The molecule has 9 heteroatoms. The summed E-state index contributed by atoms with van der Waals surface area (Å²) in [5.41, 5.74) is 7.09. The summed E-state index contributed by atoms with van der Waals surface area (Å²) in [4.78, 5) is 38.9. The van der Waals surface area contributed by atoms with Crippen molar-refractivity contribution in [3.8, 4) is 0 Å². The Bertz CT molecular complexity index is 1260. The number of hydrogen-bond acceptors (Lipinski definition) is 6. The summed E-state index contributed by atoms with van der Waals surface area (Å²) in [6.07, 6.45) is 5.37. The molecule has 1 aliphatic heterocycles. The van der Waals surface area contributed by atoms with E-state index in [1.807, 2.05) is 30.3 Å². The van der Waals surface area contributed by atoms with Crippen molar-refractivity contribution in [3.05, 3.63) is 71.3 Å². The number of piperidine rings is 1. The molecule has 0 radical (unpaired) electrons. The van der Waals surface area contributed by atoms with E-state index in [4.69, 9.17) is 15.9 Å². The van der Waals surface area contributed by atoms with Gasteiger partial charge in [-0.2, -0.15) is 0 Å². The normalized spacial score (nSPS) is 26.4. The van der Waals surface area contributed by atoms with Crippen LogP contribution in [-0.2, 0) is 27.5 Å². The van der Waals surface area contributed by atoms with Gasteiger partial charge in [0, 0.05) is 29.9 Å². The van der Waals surface area contributed by atoms with E-state index in [0.717, 1.165) is 43.2 Å². The number of ether oxygens (including phenoxy) is 1. The van der Waals surface area contributed by atoms with Crippen molar-refractivity contribution < 1.29 is 28.7 Å². The summed E-state index contributed by atoms with van der Waals surface area (Å²) < 4.78 is 5.06. The van der Waals surface area contributed by atoms with Crippen LogP contribution in [0.5, 0.6) is 0 Å². The van der Waals surface area contributed by atoms with E-state index in [1.54, 1.807) is 24.3 Å². The molecule has 3 aliphatic rings. The number of amidine groups is 1. The average Bonchev–Trinajstić information content (AvgIpc) is 3.64. The van der Waals surface area contributed by atoms with Gasteiger partial charge in [0.15, 0.2) is 11.6 Å². The van der Waals surface area contributed by atoms with Gasteiger partial charge in [-0.25, -0.2) is 14.1 Å². The Morgan fingerprint density at radius 2 is 1.73 bits per heavy atom. The van der Waals surface area contributed by atoms with Gasteiger partial charge in [-0.05, 0) is 17.9 Å². The van der Waals surface area contributed by atoms with Gasteiger partial charge >= 0.3 is 12.0 Å². The van der Waals surface area contributed by atoms with Crippen LogP contribution in [0.1, 0.15) is 68.1 Å². The first kappa shape index (κ1) is 28.0. The first-order chi connectivity index (χ1) is 19.2. The highest BCUT2D eigenvalue weighted by Gasteiger charge is 2.79. The third kappa shape index (κ3) is 5.40. The Hall–Kier alpha value is -3.56. The van der Waals surface area contributed by atoms with Gasteiger partial charge in [-0.3, -0.25) is 15.5 Å². The number of hydrogen-bond donors (Lipinski definition) is 4. The number of benzene rings is 2. The standard InChI is InChI=1S/C31H38N4O5/c32-27(34-30(39)40-20-23-9-5-2-6-10-23)24-13-11-22(12-14-24)19-35(16-15-25-18-31(25,35)29(33)38)28(37)26(36)17-21-7-3-1-4-8-21/h2,5-6,9-14,21,25-26,36H,1,3-4,7-8,15-20H2,(H3-,32,33,34,38,39)/p+1/t25-,26-,31+,35?/m1/s1. The maximum Gasteiger partial charge on any atom is 0.413 e. The monoisotopic (exact) mass is 547 g/mol. The molecule has 1 unspecified atom stereocenters. The number of nitrogens with zero attached hydrogens (tertiary/aromatic N) is 1. The van der Waals surface area contributed by atoms with Gasteiger partial charge in [0.25, 0.3) is 5.91 Å². The second-order valence-electron chi connectivity index (χ2n) is 11.7. The minimum Gasteiger partial charge on any atom is -0.444 e. The second kappa shape index (κ2) is 11.5. The smallest absolute Gasteiger partial charge is 0.413 e. The molecule has 9 nitrogen and oxygen atoms in total. The number of fused-ring (bicyclic) bond motifs is 1. The molecule has 2 aromatic rings. The van der Waals surface area contributed by atoms with Crippen LogP contribution in [0.25, 0.3) is 0 Å². The fourth-order valence-electron chi connectivity index (χ4n) is 7.02. The molecule has 2 aliphatic carbocycles. The summed E-state index contributed by atoms with van der Waals surface area (Å²) in [6.45, 7) is 0.822. The van der Waals surface area contributed by atoms with E-state index in [9.17, 15) is 19.5 Å². The summed E-state index contributed by atoms with van der Waals surface area (Å²) >= 11 is 0. The molecule has 0 bridgehead atoms. The van der Waals surface area contributed by atoms with Crippen molar-refractivity contribution in [1.82, 2.24) is 5.32 Å². The first-order valence-electron chi connectivity index (χ1n) is 14.3. The number of likely N-dealkylation sites (tertiary alicyclic amines) is 1. The molecule has 5 rings (SSSR count). The maximum atomic E-state index is 14.0. The number of nitrogens with one attached hydrogen (secondary N) is 2. The Labute approximate surface area is 234 Å². The minimum atomic E-state index is -1.13. The molecule has 5 N–H and O–H groups in total. The molecule has 212 valence electrons. The predicted molar refractivity (Wildman–Crippen MR) is 149 cm³/mol. The van der Waals surface area contributed by atoms with Gasteiger partial charge in [0.1, 0.15) is 19.0 Å². The lowest BCUT2D eigenvalue weighted by molar-refractivity contribution is -0.886. The summed E-state index contributed by atoms with van der Waals surface area (Å²) in [5.74, 6) is -0.486. The fraction of sp³-hybridized carbons (Fsp3) is 0.484. The average molecular weight is 548 g/mol. The van der Waals surface area contributed by atoms with E-state index in [2.05, 4.69) is 5.32 Å². The zero-order valence-electron chi connectivity index (χ0n) is 22.8. The number of rotatable bonds is 9. The molecule has 3 fully saturated rings. The molecule has 0 spiro atoms. The predicted octanol–water partition coefficient (Wildman–Crippen LogP) is 3.76. The molecule has 4 atom stereocenters. The van der Waals surface area contributed by atoms with Crippen molar-refractivity contribution >= 4 is 23.7 Å². The number of amides is 3. The van der Waals surface area contributed by atoms with E-state index in [0.29, 0.717) is 30.9 Å². The van der Waals surface area contributed by atoms with Gasteiger partial charge in [-0.1, -0.05) is 86.7 Å². The van der Waals surface area contributed by atoms with E-state index in [-0.39, 0.29) is 35.3 Å². The van der Waals surface area contributed by atoms with Crippen molar-refractivity contribution in [2.24, 2.45) is 17.6 Å². The quantitative estimate of drug-likeness (QED) is 0.215. The lowest BCUT2D eigenvalue weighted by Crippen LogP contribution is -2.66. The van der Waals surface area contributed by atoms with Crippen LogP contribution in [0.3, 0.4) is 0 Å². The topological polar surface area (TPSA) is 143 Å². The molecule has 1 saturated heterocycles. The largest absolute Gasteiger partial charge is 0.444 e. The van der Waals surface area contributed by atoms with Crippen molar-refractivity contribution in [2.75, 3.05) is 6.54 Å². The van der Waals surface area contributed by atoms with Gasteiger partial charge in [0.2, 0.25) is 0 Å². The molecule has 2 aromatic carbocycles. The number of aliphatic hydroxyl groups is 1. The number of quaternary nitrogens is 1. The highest BCUT2D eigenvalue weighted by atomic mass is 16.5. The number of aliphatic hydroxyl groups excluding tert-OH is 1. The Morgan fingerprint density at radius 1 is 1.02 bits per heavy atom. The van der Waals surface area contributed by atoms with E-state index in [1.165, 1.54) is 6.42 Å². The Balaban J connectivity index is 1.27. The van der Waals surface area contributed by atoms with Crippen LogP contribution in [0.4, 0.5) is 4.79 Å². The van der Waals surface area contributed by atoms with Crippen molar-refractivity contribution in [3.63, 3.8) is 0 Å². The highest BCUT2D eigenvalue weighted by molar-refractivity contribution is 6.04. The Kier molecular flexibility index (Phi) is 8.05. The van der Waals surface area contributed by atoms with Crippen LogP contribution >= 0.6 is 0 Å². The number of nitrogens with two attached hydrogens (primary N) is 1. The highest BCUT2D eigenvalue weighted by Crippen LogP contribution is 2.61. The number of carbonyl (C=O) groups is 3. The van der Waals surface area contributed by atoms with Gasteiger partial charge in [-0.15, -0.1) is 0 Å². The SMILES string of the molecule is N=C(NC(=O)OCc1ccccc1)c1ccc(C[N+]2(C(=O)[C@H](O)CC3CCCCC3)CC[C@@H]3C[C@@]32C(N)=O)cc1. The molecular weight excluding hydrogens is 508 g/mol. The maximum absolute atomic E-state index is 14.0. The van der Waals surface area contributed by atoms with Crippen LogP contribution < -0.4 is 11.1 Å². The zero-order valence-corrected chi connectivity index (χ0v) is 22.8. The van der Waals surface area contributed by atoms with Crippen LogP contribution in [0.2, 0.25) is 0 Å². The second-order valence-corrected chi connectivity index (χ2v) is 11.7. The van der Waals surface area contributed by atoms with Gasteiger partial charge in [0.05, 0.1) is 6.54 Å². The third-order valence-electron chi connectivity index (χ3n) is 9.25. The lowest BCUT2D eigenvalue weighted by Gasteiger charge is -2.40. The Morgan fingerprint density at radius 3 is 2.38 bits per heavy atom. The third-order valence-corrected chi connectivity index (χ3v) is 9.25. The molecular formula is C31H39N4O5+. The van der Waals surface area contributed by atoms with Crippen molar-refractivity contribution in [1.29, 1.82) is 5.41 Å². The van der Waals surface area contributed by atoms with Crippen LogP contribution in [0.15, 0.2) is 54.6 Å². The summed E-state index contributed by atoms with van der Waals surface area (Å²) in [5, 5.41) is 21.9. The fourth-order valence-corrected chi connectivity index (χ4v) is 7.02. The molecule has 3 amide bonds. The summed E-state index contributed by atoms with van der Waals surface area (Å²) in [6, 6.07) is 16.3. The molecule has 40 heavy (non-hydrogen) atoms. The number of primary amides is 1. The van der Waals surface area contributed by atoms with E-state index >= 15 is 0 Å². The molecule has 1 heterocycles. The summed E-state index contributed by atoms with van der Waals surface area (Å²) in [7, 11) is 0. The van der Waals surface area contributed by atoms with Crippen LogP contribution in [-0.4, -0.2) is 51.5 Å². The van der Waals surface area contributed by atoms with Gasteiger partial charge < -0.3 is 15.6 Å². The lowest BCUT2D eigenvalue weighted by atomic mass is 9.85. The number of alkyl carbamates (subject to hydrolysis) is 1. The van der Waals surface area contributed by atoms with Crippen molar-refractivity contribution in [2.45, 2.75) is 76.2 Å². The molecule has 0 aromatic heterocycles. The zero-order chi connectivity index (χ0) is 28.3. The van der Waals surface area contributed by atoms with Crippen LogP contribution in [0, 0.1) is 17.2 Å². The van der Waals surface area contributed by atoms with E-state index < -0.39 is 23.6 Å². The minimum absolute atomic E-state index is 0.0642. The molecule has 2 saturated carbocycles.